The fourth-order valence-corrected chi connectivity index (χ4v) is 2.37. The molecule has 1 aliphatic rings. The van der Waals surface area contributed by atoms with Crippen molar-refractivity contribution in [2.24, 2.45) is 11.3 Å². The van der Waals surface area contributed by atoms with E-state index in [-0.39, 0.29) is 12.1 Å². The number of ether oxygens (including phenoxy) is 1. The average molecular weight is 241 g/mol. The van der Waals surface area contributed by atoms with Crippen LogP contribution < -0.4 is 5.32 Å². The van der Waals surface area contributed by atoms with E-state index in [0.717, 1.165) is 12.8 Å². The summed E-state index contributed by atoms with van der Waals surface area (Å²) >= 11 is 0. The molecule has 0 heterocycles. The Labute approximate surface area is 105 Å². The number of amides is 1. The van der Waals surface area contributed by atoms with Crippen LogP contribution in [0.3, 0.4) is 0 Å². The summed E-state index contributed by atoms with van der Waals surface area (Å²) in [6.07, 6.45) is 3.06. The summed E-state index contributed by atoms with van der Waals surface area (Å²) in [5, 5.41) is 2.98. The molecule has 1 aliphatic carbocycles. The number of hydrogen-bond donors (Lipinski definition) is 1. The van der Waals surface area contributed by atoms with E-state index in [0.29, 0.717) is 11.3 Å². The minimum atomic E-state index is -0.411. The summed E-state index contributed by atoms with van der Waals surface area (Å²) in [5.74, 6) is 0.697. The summed E-state index contributed by atoms with van der Waals surface area (Å²) in [6.45, 7) is 12.5. The van der Waals surface area contributed by atoms with Gasteiger partial charge in [0.2, 0.25) is 0 Å². The Morgan fingerprint density at radius 1 is 1.12 bits per heavy atom. The Balaban J connectivity index is 2.38. The van der Waals surface area contributed by atoms with Gasteiger partial charge in [0.1, 0.15) is 5.60 Å². The van der Waals surface area contributed by atoms with Gasteiger partial charge in [-0.1, -0.05) is 20.8 Å². The molecular formula is C14H27NO2. The highest BCUT2D eigenvalue weighted by Crippen LogP contribution is 2.39. The third kappa shape index (κ3) is 4.97. The molecular weight excluding hydrogens is 214 g/mol. The largest absolute Gasteiger partial charge is 0.444 e. The van der Waals surface area contributed by atoms with Crippen molar-refractivity contribution in [3.05, 3.63) is 0 Å². The molecule has 100 valence electrons. The maximum Gasteiger partial charge on any atom is 0.407 e. The lowest BCUT2D eigenvalue weighted by molar-refractivity contribution is 0.0502. The second-order valence-electron chi connectivity index (χ2n) is 7.22. The molecule has 1 rings (SSSR count). The lowest BCUT2D eigenvalue weighted by Crippen LogP contribution is -2.38. The molecule has 0 aromatic heterocycles. The van der Waals surface area contributed by atoms with Gasteiger partial charge in [0.05, 0.1) is 0 Å². The zero-order valence-corrected chi connectivity index (χ0v) is 12.1. The molecule has 1 fully saturated rings. The van der Waals surface area contributed by atoms with E-state index in [9.17, 15) is 4.79 Å². The molecule has 0 aliphatic heterocycles. The molecule has 0 spiro atoms. The smallest absolute Gasteiger partial charge is 0.407 e. The van der Waals surface area contributed by atoms with E-state index >= 15 is 0 Å². The van der Waals surface area contributed by atoms with Crippen molar-refractivity contribution in [2.45, 2.75) is 72.4 Å². The van der Waals surface area contributed by atoms with Gasteiger partial charge in [0.25, 0.3) is 0 Å². The maximum absolute atomic E-state index is 11.6. The average Bonchev–Trinajstić information content (AvgIpc) is 2.47. The Kier molecular flexibility index (Phi) is 4.11. The first kappa shape index (κ1) is 14.3. The number of carbonyl (C=O) groups excluding carboxylic acids is 1. The zero-order chi connectivity index (χ0) is 13.3. The van der Waals surface area contributed by atoms with Gasteiger partial charge >= 0.3 is 6.09 Å². The maximum atomic E-state index is 11.6. The van der Waals surface area contributed by atoms with Crippen molar-refractivity contribution in [3.8, 4) is 0 Å². The predicted molar refractivity (Wildman–Crippen MR) is 70.0 cm³/mol. The van der Waals surface area contributed by atoms with Gasteiger partial charge in [-0.15, -0.1) is 0 Å². The Morgan fingerprint density at radius 3 is 2.12 bits per heavy atom. The molecule has 1 amide bonds. The number of carbonyl (C=O) groups is 1. The SMILES string of the molecule is CC(C)(C)OC(=O)N[C@@H]1CCC(C(C)(C)C)C1. The van der Waals surface area contributed by atoms with Crippen LogP contribution in [-0.2, 0) is 4.74 Å². The van der Waals surface area contributed by atoms with Gasteiger partial charge < -0.3 is 10.1 Å². The number of rotatable bonds is 1. The minimum Gasteiger partial charge on any atom is -0.444 e. The second kappa shape index (κ2) is 4.87. The van der Waals surface area contributed by atoms with E-state index < -0.39 is 5.60 Å². The van der Waals surface area contributed by atoms with Crippen molar-refractivity contribution in [3.63, 3.8) is 0 Å². The molecule has 0 bridgehead atoms. The molecule has 1 saturated carbocycles. The third-order valence-corrected chi connectivity index (χ3v) is 3.38. The van der Waals surface area contributed by atoms with Crippen LogP contribution in [0.4, 0.5) is 4.79 Å². The van der Waals surface area contributed by atoms with E-state index in [2.05, 4.69) is 26.1 Å². The van der Waals surface area contributed by atoms with Gasteiger partial charge in [0.15, 0.2) is 0 Å². The molecule has 17 heavy (non-hydrogen) atoms. The van der Waals surface area contributed by atoms with Crippen molar-refractivity contribution < 1.29 is 9.53 Å². The molecule has 1 N–H and O–H groups in total. The monoisotopic (exact) mass is 241 g/mol. The molecule has 3 heteroatoms. The minimum absolute atomic E-state index is 0.281. The van der Waals surface area contributed by atoms with Crippen LogP contribution in [0, 0.1) is 11.3 Å². The Hall–Kier alpha value is -0.730. The quantitative estimate of drug-likeness (QED) is 0.759. The lowest BCUT2D eigenvalue weighted by atomic mass is 9.80. The lowest BCUT2D eigenvalue weighted by Gasteiger charge is -2.27. The first-order valence-electron chi connectivity index (χ1n) is 6.57. The van der Waals surface area contributed by atoms with E-state index in [1.54, 1.807) is 0 Å². The highest BCUT2D eigenvalue weighted by molar-refractivity contribution is 5.68. The third-order valence-electron chi connectivity index (χ3n) is 3.38. The summed E-state index contributed by atoms with van der Waals surface area (Å²) in [6, 6.07) is 0.286. The van der Waals surface area contributed by atoms with Gasteiger partial charge in [-0.3, -0.25) is 0 Å². The van der Waals surface area contributed by atoms with Gasteiger partial charge in [-0.25, -0.2) is 4.79 Å². The normalized spacial score (nSPS) is 25.8. The van der Waals surface area contributed by atoms with Crippen LogP contribution in [0.15, 0.2) is 0 Å². The van der Waals surface area contributed by atoms with Crippen molar-refractivity contribution in [1.82, 2.24) is 5.32 Å². The van der Waals surface area contributed by atoms with Gasteiger partial charge in [-0.2, -0.15) is 0 Å². The fraction of sp³-hybridized carbons (Fsp3) is 0.929. The summed E-state index contributed by atoms with van der Waals surface area (Å²) in [7, 11) is 0. The van der Waals surface area contributed by atoms with E-state index in [4.69, 9.17) is 4.74 Å². The summed E-state index contributed by atoms with van der Waals surface area (Å²) in [5.41, 5.74) is -0.0729. The standard InChI is InChI=1S/C14H27NO2/c1-13(2,3)10-7-8-11(9-10)15-12(16)17-14(4,5)6/h10-11H,7-9H2,1-6H3,(H,15,16)/t10?,11-/m1/s1. The summed E-state index contributed by atoms with van der Waals surface area (Å²) < 4.78 is 5.27. The number of alkyl carbamates (subject to hydrolysis) is 1. The highest BCUT2D eigenvalue weighted by atomic mass is 16.6. The van der Waals surface area contributed by atoms with E-state index in [1.165, 1.54) is 6.42 Å². The molecule has 0 aromatic carbocycles. The Bertz CT molecular complexity index is 273. The van der Waals surface area contributed by atoms with Crippen LogP contribution in [0.5, 0.6) is 0 Å². The van der Waals surface area contributed by atoms with Crippen LogP contribution in [0.2, 0.25) is 0 Å². The highest BCUT2D eigenvalue weighted by Gasteiger charge is 2.34. The Morgan fingerprint density at radius 2 is 1.71 bits per heavy atom. The molecule has 0 aromatic rings. The molecule has 2 atom stereocenters. The molecule has 0 saturated heterocycles. The first-order chi connectivity index (χ1) is 7.58. The summed E-state index contributed by atoms with van der Waals surface area (Å²) in [4.78, 5) is 11.6. The van der Waals surface area contributed by atoms with Crippen LogP contribution in [0.1, 0.15) is 60.8 Å². The van der Waals surface area contributed by atoms with Crippen molar-refractivity contribution in [2.75, 3.05) is 0 Å². The molecule has 3 nitrogen and oxygen atoms in total. The molecule has 0 radical (unpaired) electrons. The van der Waals surface area contributed by atoms with Crippen LogP contribution in [0.25, 0.3) is 0 Å². The fourth-order valence-electron chi connectivity index (χ4n) is 2.37. The zero-order valence-electron chi connectivity index (χ0n) is 12.1. The molecule has 1 unspecified atom stereocenters. The van der Waals surface area contributed by atoms with Crippen molar-refractivity contribution >= 4 is 6.09 Å². The number of hydrogen-bond acceptors (Lipinski definition) is 2. The van der Waals surface area contributed by atoms with Crippen LogP contribution >= 0.6 is 0 Å². The second-order valence-corrected chi connectivity index (χ2v) is 7.22. The van der Waals surface area contributed by atoms with Crippen molar-refractivity contribution in [1.29, 1.82) is 0 Å². The van der Waals surface area contributed by atoms with Gasteiger partial charge in [-0.05, 0) is 51.4 Å². The topological polar surface area (TPSA) is 38.3 Å². The van der Waals surface area contributed by atoms with Crippen LogP contribution in [-0.4, -0.2) is 17.7 Å². The van der Waals surface area contributed by atoms with E-state index in [1.807, 2.05) is 20.8 Å². The first-order valence-corrected chi connectivity index (χ1v) is 6.57. The number of nitrogens with one attached hydrogen (secondary N) is 1. The van der Waals surface area contributed by atoms with Gasteiger partial charge in [0, 0.05) is 6.04 Å². The predicted octanol–water partition coefficient (Wildman–Crippen LogP) is 3.73.